The van der Waals surface area contributed by atoms with Gasteiger partial charge in [0.1, 0.15) is 0 Å². The first-order valence-electron chi connectivity index (χ1n) is 5.44. The molecule has 112 valence electrons. The molecule has 0 saturated carbocycles. The third kappa shape index (κ3) is 4.46. The molecule has 1 aromatic carbocycles. The second-order valence-electron chi connectivity index (χ2n) is 4.47. The van der Waals surface area contributed by atoms with Crippen LogP contribution in [0.3, 0.4) is 0 Å². The van der Waals surface area contributed by atoms with Crippen molar-refractivity contribution in [2.24, 2.45) is 0 Å². The van der Waals surface area contributed by atoms with Gasteiger partial charge in [0, 0.05) is 15.1 Å². The molecule has 2 nitrogen and oxygen atoms in total. The second kappa shape index (κ2) is 6.79. The van der Waals surface area contributed by atoms with E-state index in [-0.39, 0.29) is 5.56 Å². The summed E-state index contributed by atoms with van der Waals surface area (Å²) < 4.78 is 38.3. The minimum atomic E-state index is -4.48. The highest BCUT2D eigenvalue weighted by molar-refractivity contribution is 9.10. The zero-order valence-electron chi connectivity index (χ0n) is 10.3. The molecule has 0 atom stereocenters. The van der Waals surface area contributed by atoms with E-state index in [0.717, 1.165) is 12.1 Å². The summed E-state index contributed by atoms with van der Waals surface area (Å²) in [6, 6.07) is 2.98. The van der Waals surface area contributed by atoms with E-state index in [9.17, 15) is 18.0 Å². The van der Waals surface area contributed by atoms with E-state index in [2.05, 4.69) is 53.1 Å². The fourth-order valence-electron chi connectivity index (χ4n) is 1.32. The maximum atomic E-state index is 12.7. The molecule has 0 aliphatic carbocycles. The lowest BCUT2D eigenvalue weighted by Crippen LogP contribution is -2.49. The van der Waals surface area contributed by atoms with Crippen LogP contribution in [-0.4, -0.2) is 22.1 Å². The van der Waals surface area contributed by atoms with Crippen molar-refractivity contribution in [3.8, 4) is 0 Å². The molecule has 0 spiro atoms. The number of hydrogen-bond donors (Lipinski definition) is 1. The summed E-state index contributed by atoms with van der Waals surface area (Å²) in [4.78, 5) is 12.1. The van der Waals surface area contributed by atoms with Crippen molar-refractivity contribution in [3.05, 3.63) is 33.8 Å². The van der Waals surface area contributed by atoms with Gasteiger partial charge in [0.2, 0.25) is 0 Å². The van der Waals surface area contributed by atoms with Gasteiger partial charge in [0.15, 0.2) is 0 Å². The van der Waals surface area contributed by atoms with Gasteiger partial charge in [0.05, 0.1) is 16.7 Å². The highest BCUT2D eigenvalue weighted by atomic mass is 79.9. The molecule has 0 heterocycles. The number of alkyl halides is 5. The fourth-order valence-corrected chi connectivity index (χ4v) is 2.96. The predicted octanol–water partition coefficient (Wildman–Crippen LogP) is 4.75. The Balaban J connectivity index is 3.10. The van der Waals surface area contributed by atoms with Crippen LogP contribution in [0, 0.1) is 0 Å². The molecule has 1 rings (SSSR count). The van der Waals surface area contributed by atoms with Crippen LogP contribution < -0.4 is 5.32 Å². The summed E-state index contributed by atoms with van der Waals surface area (Å²) in [5.74, 6) is -0.565. The second-order valence-corrected chi connectivity index (χ2v) is 6.45. The van der Waals surface area contributed by atoms with Crippen molar-refractivity contribution >= 4 is 53.7 Å². The van der Waals surface area contributed by atoms with Gasteiger partial charge < -0.3 is 5.32 Å². The molecular formula is C12H11Br3F3NO. The largest absolute Gasteiger partial charge is 0.416 e. The Bertz CT molecular complexity index is 501. The molecule has 0 unspecified atom stereocenters. The molecule has 1 aromatic rings. The highest BCUT2D eigenvalue weighted by Crippen LogP contribution is 2.32. The predicted molar refractivity (Wildman–Crippen MR) is 82.6 cm³/mol. The average molecular weight is 482 g/mol. The quantitative estimate of drug-likeness (QED) is 0.618. The van der Waals surface area contributed by atoms with E-state index in [4.69, 9.17) is 0 Å². The summed E-state index contributed by atoms with van der Waals surface area (Å²) in [6.45, 7) is 1.77. The summed E-state index contributed by atoms with van der Waals surface area (Å²) in [6.07, 6.45) is -4.48. The first-order valence-corrected chi connectivity index (χ1v) is 8.48. The van der Waals surface area contributed by atoms with Crippen molar-refractivity contribution < 1.29 is 18.0 Å². The zero-order chi connectivity index (χ0) is 15.6. The van der Waals surface area contributed by atoms with Gasteiger partial charge in [-0.3, -0.25) is 4.79 Å². The monoisotopic (exact) mass is 479 g/mol. The van der Waals surface area contributed by atoms with Crippen molar-refractivity contribution in [1.82, 2.24) is 5.32 Å². The lowest BCUT2D eigenvalue weighted by atomic mass is 10.1. The van der Waals surface area contributed by atoms with Crippen LogP contribution in [0.25, 0.3) is 0 Å². The molecule has 0 aliphatic heterocycles. The van der Waals surface area contributed by atoms with Crippen LogP contribution in [-0.2, 0) is 6.18 Å². The lowest BCUT2D eigenvalue weighted by Gasteiger charge is -2.26. The summed E-state index contributed by atoms with van der Waals surface area (Å²) >= 11 is 9.62. The van der Waals surface area contributed by atoms with Gasteiger partial charge in [-0.2, -0.15) is 13.2 Å². The molecule has 8 heteroatoms. The molecule has 0 radical (unpaired) electrons. The molecular weight excluding hydrogens is 471 g/mol. The molecule has 0 aromatic heterocycles. The number of halogens is 6. The van der Waals surface area contributed by atoms with E-state index in [0.29, 0.717) is 15.1 Å². The Hall–Kier alpha value is -0.0800. The van der Waals surface area contributed by atoms with Crippen molar-refractivity contribution in [1.29, 1.82) is 0 Å². The van der Waals surface area contributed by atoms with Crippen LogP contribution >= 0.6 is 47.8 Å². The fraction of sp³-hybridized carbons (Fsp3) is 0.417. The van der Waals surface area contributed by atoms with Crippen LogP contribution in [0.5, 0.6) is 0 Å². The normalized spacial score (nSPS) is 12.3. The molecule has 0 aliphatic rings. The minimum Gasteiger partial charge on any atom is -0.345 e. The summed E-state index contributed by atoms with van der Waals surface area (Å²) in [5, 5.41) is 3.63. The minimum absolute atomic E-state index is 0.0482. The van der Waals surface area contributed by atoms with Gasteiger partial charge in [-0.1, -0.05) is 31.9 Å². The first kappa shape index (κ1) is 18.0. The maximum absolute atomic E-state index is 12.7. The summed E-state index contributed by atoms with van der Waals surface area (Å²) in [5.41, 5.74) is -1.50. The SMILES string of the molecule is CC(CBr)(CBr)NC(=O)c1cc(C(F)(F)F)ccc1Br. The van der Waals surface area contributed by atoms with Crippen LogP contribution in [0.15, 0.2) is 22.7 Å². The van der Waals surface area contributed by atoms with E-state index in [1.165, 1.54) is 6.07 Å². The number of carbonyl (C=O) groups is 1. The highest BCUT2D eigenvalue weighted by Gasteiger charge is 2.32. The Morgan fingerprint density at radius 2 is 1.80 bits per heavy atom. The van der Waals surface area contributed by atoms with E-state index < -0.39 is 23.2 Å². The topological polar surface area (TPSA) is 29.1 Å². The smallest absolute Gasteiger partial charge is 0.345 e. The van der Waals surface area contributed by atoms with E-state index in [1.54, 1.807) is 6.92 Å². The van der Waals surface area contributed by atoms with E-state index in [1.807, 2.05) is 0 Å². The van der Waals surface area contributed by atoms with Crippen molar-refractivity contribution in [2.45, 2.75) is 18.6 Å². The first-order chi connectivity index (χ1) is 9.13. The molecule has 1 amide bonds. The number of benzene rings is 1. The third-order valence-electron chi connectivity index (χ3n) is 2.54. The van der Waals surface area contributed by atoms with Gasteiger partial charge in [-0.15, -0.1) is 0 Å². The van der Waals surface area contributed by atoms with Crippen molar-refractivity contribution in [3.63, 3.8) is 0 Å². The van der Waals surface area contributed by atoms with E-state index >= 15 is 0 Å². The van der Waals surface area contributed by atoms with Crippen LogP contribution in [0.4, 0.5) is 13.2 Å². The molecule has 0 bridgehead atoms. The average Bonchev–Trinajstić information content (AvgIpc) is 2.37. The molecule has 1 N–H and O–H groups in total. The maximum Gasteiger partial charge on any atom is 0.416 e. The lowest BCUT2D eigenvalue weighted by molar-refractivity contribution is -0.137. The number of nitrogens with one attached hydrogen (secondary N) is 1. The Morgan fingerprint density at radius 1 is 1.25 bits per heavy atom. The molecule has 20 heavy (non-hydrogen) atoms. The third-order valence-corrected chi connectivity index (χ3v) is 5.71. The van der Waals surface area contributed by atoms with Crippen molar-refractivity contribution in [2.75, 3.05) is 10.7 Å². The number of hydrogen-bond acceptors (Lipinski definition) is 1. The Kier molecular flexibility index (Phi) is 6.10. The van der Waals surface area contributed by atoms with Gasteiger partial charge >= 0.3 is 6.18 Å². The van der Waals surface area contributed by atoms with Crippen LogP contribution in [0.2, 0.25) is 0 Å². The number of carbonyl (C=O) groups excluding carboxylic acids is 1. The van der Waals surface area contributed by atoms with Gasteiger partial charge in [-0.25, -0.2) is 0 Å². The van der Waals surface area contributed by atoms with Gasteiger partial charge in [-0.05, 0) is 41.1 Å². The zero-order valence-corrected chi connectivity index (χ0v) is 15.1. The summed E-state index contributed by atoms with van der Waals surface area (Å²) in [7, 11) is 0. The standard InChI is InChI=1S/C12H11Br3F3NO/c1-11(5-13,6-14)19-10(20)8-4-7(12(16,17)18)2-3-9(8)15/h2-4H,5-6H2,1H3,(H,19,20). The Morgan fingerprint density at radius 3 is 2.25 bits per heavy atom. The Labute approximate surface area is 139 Å². The van der Waals surface area contributed by atoms with Gasteiger partial charge in [0.25, 0.3) is 5.91 Å². The molecule has 0 saturated heterocycles. The molecule has 0 fully saturated rings. The van der Waals surface area contributed by atoms with Crippen LogP contribution in [0.1, 0.15) is 22.8 Å². The number of rotatable bonds is 4. The number of amides is 1.